The molecule has 130 valence electrons. The molecule has 3 rings (SSSR count). The summed E-state index contributed by atoms with van der Waals surface area (Å²) in [5.74, 6) is 0.433. The molecule has 0 unspecified atom stereocenters. The minimum absolute atomic E-state index is 0.145. The van der Waals surface area contributed by atoms with E-state index in [0.29, 0.717) is 28.0 Å². The molecule has 0 spiro atoms. The number of benzene rings is 2. The van der Waals surface area contributed by atoms with E-state index >= 15 is 0 Å². The van der Waals surface area contributed by atoms with Crippen LogP contribution in [0.4, 0.5) is 10.2 Å². The Morgan fingerprint density at radius 2 is 1.85 bits per heavy atom. The van der Waals surface area contributed by atoms with Crippen molar-refractivity contribution in [1.29, 1.82) is 5.26 Å². The van der Waals surface area contributed by atoms with Gasteiger partial charge in [0, 0.05) is 17.2 Å². The van der Waals surface area contributed by atoms with Gasteiger partial charge < -0.3 is 5.73 Å². The molecule has 2 N–H and O–H groups in total. The van der Waals surface area contributed by atoms with Gasteiger partial charge in [-0.15, -0.1) is 0 Å². The normalized spacial score (nSPS) is 10.5. The second kappa shape index (κ2) is 8.17. The fraction of sp³-hybridized carbons (Fsp3) is 0.105. The number of halogens is 2. The van der Waals surface area contributed by atoms with Crippen molar-refractivity contribution in [2.45, 2.75) is 17.3 Å². The fourth-order valence-electron chi connectivity index (χ4n) is 2.37. The van der Waals surface area contributed by atoms with Crippen molar-refractivity contribution in [3.05, 3.63) is 81.8 Å². The lowest BCUT2D eigenvalue weighted by molar-refractivity contribution is 0.627. The van der Waals surface area contributed by atoms with E-state index in [1.54, 1.807) is 18.2 Å². The van der Waals surface area contributed by atoms with Crippen LogP contribution in [-0.2, 0) is 12.2 Å². The first kappa shape index (κ1) is 18.2. The number of nitrogen functional groups attached to an aromatic ring is 1. The lowest BCUT2D eigenvalue weighted by Gasteiger charge is -2.09. The van der Waals surface area contributed by atoms with Crippen LogP contribution in [0.15, 0.2) is 53.7 Å². The predicted octanol–water partition coefficient (Wildman–Crippen LogP) is 4.61. The molecule has 0 atom stereocenters. The smallest absolute Gasteiger partial charge is 0.190 e. The van der Waals surface area contributed by atoms with Crippen LogP contribution >= 0.6 is 23.4 Å². The molecule has 0 aliphatic carbocycles. The quantitative estimate of drug-likeness (QED) is 0.513. The van der Waals surface area contributed by atoms with Crippen LogP contribution in [-0.4, -0.2) is 9.97 Å². The van der Waals surface area contributed by atoms with Crippen molar-refractivity contribution in [3.8, 4) is 6.07 Å². The first-order chi connectivity index (χ1) is 12.6. The highest BCUT2D eigenvalue weighted by atomic mass is 35.5. The van der Waals surface area contributed by atoms with Crippen LogP contribution in [0, 0.1) is 17.1 Å². The lowest BCUT2D eigenvalue weighted by atomic mass is 10.1. The van der Waals surface area contributed by atoms with Crippen molar-refractivity contribution in [3.63, 3.8) is 0 Å². The van der Waals surface area contributed by atoms with Gasteiger partial charge >= 0.3 is 0 Å². The maximum Gasteiger partial charge on any atom is 0.190 e. The molecular formula is C19H14ClFN4S. The minimum atomic E-state index is -0.278. The molecule has 0 amide bonds. The number of nitriles is 1. The Labute approximate surface area is 159 Å². The number of thioether (sulfide) groups is 1. The van der Waals surface area contributed by atoms with E-state index in [-0.39, 0.29) is 17.2 Å². The van der Waals surface area contributed by atoms with Gasteiger partial charge in [-0.1, -0.05) is 53.7 Å². The third-order valence-electron chi connectivity index (χ3n) is 3.70. The molecule has 0 radical (unpaired) electrons. The molecule has 0 aliphatic rings. The molecule has 0 bridgehead atoms. The summed E-state index contributed by atoms with van der Waals surface area (Å²) >= 11 is 7.58. The van der Waals surface area contributed by atoms with Gasteiger partial charge in [0.1, 0.15) is 23.3 Å². The molecular weight excluding hydrogens is 371 g/mol. The molecule has 3 aromatic rings. The summed E-state index contributed by atoms with van der Waals surface area (Å²) in [6.45, 7) is 0. The molecule has 26 heavy (non-hydrogen) atoms. The third-order valence-corrected chi connectivity index (χ3v) is 4.99. The number of nitrogens with zero attached hydrogens (tertiary/aromatic N) is 3. The average molecular weight is 385 g/mol. The Balaban J connectivity index is 1.85. The van der Waals surface area contributed by atoms with Crippen molar-refractivity contribution in [2.75, 3.05) is 5.73 Å². The van der Waals surface area contributed by atoms with Crippen molar-refractivity contribution in [2.24, 2.45) is 0 Å². The summed E-state index contributed by atoms with van der Waals surface area (Å²) in [6.07, 6.45) is 0.388. The average Bonchev–Trinajstić information content (AvgIpc) is 2.63. The molecule has 0 saturated heterocycles. The Bertz CT molecular complexity index is 970. The zero-order valence-corrected chi connectivity index (χ0v) is 15.2. The Morgan fingerprint density at radius 1 is 1.12 bits per heavy atom. The second-order valence-electron chi connectivity index (χ2n) is 5.51. The van der Waals surface area contributed by atoms with Crippen LogP contribution in [0.5, 0.6) is 0 Å². The number of hydrogen-bond donors (Lipinski definition) is 1. The van der Waals surface area contributed by atoms with Gasteiger partial charge in [-0.05, 0) is 29.3 Å². The van der Waals surface area contributed by atoms with Crippen LogP contribution in [0.3, 0.4) is 0 Å². The standard InChI is InChI=1S/C19H14ClFN4S/c20-16-4-2-1-3-13(16)9-17-15(10-22)18(23)25-19(24-17)26-11-12-5-7-14(21)8-6-12/h1-8H,9,11H2,(H2,23,24,25). The molecule has 1 heterocycles. The van der Waals surface area contributed by atoms with Crippen LogP contribution in [0.25, 0.3) is 0 Å². The highest BCUT2D eigenvalue weighted by Crippen LogP contribution is 2.26. The molecule has 0 saturated carbocycles. The summed E-state index contributed by atoms with van der Waals surface area (Å²) < 4.78 is 13.0. The van der Waals surface area contributed by atoms with E-state index in [1.165, 1.54) is 23.9 Å². The van der Waals surface area contributed by atoms with Gasteiger partial charge in [-0.3, -0.25) is 0 Å². The zero-order valence-electron chi connectivity index (χ0n) is 13.6. The lowest BCUT2D eigenvalue weighted by Crippen LogP contribution is -2.06. The number of rotatable bonds is 5. The highest BCUT2D eigenvalue weighted by molar-refractivity contribution is 7.98. The van der Waals surface area contributed by atoms with E-state index < -0.39 is 0 Å². The first-order valence-electron chi connectivity index (χ1n) is 7.74. The van der Waals surface area contributed by atoms with Gasteiger partial charge in [0.25, 0.3) is 0 Å². The van der Waals surface area contributed by atoms with Gasteiger partial charge in [0.2, 0.25) is 0 Å². The van der Waals surface area contributed by atoms with E-state index in [9.17, 15) is 9.65 Å². The molecule has 2 aromatic carbocycles. The van der Waals surface area contributed by atoms with Gasteiger partial charge in [0.15, 0.2) is 5.16 Å². The maximum absolute atomic E-state index is 13.0. The maximum atomic E-state index is 13.0. The summed E-state index contributed by atoms with van der Waals surface area (Å²) in [4.78, 5) is 8.69. The zero-order chi connectivity index (χ0) is 18.5. The van der Waals surface area contributed by atoms with E-state index in [1.807, 2.05) is 18.2 Å². The number of nitrogens with two attached hydrogens (primary N) is 1. The molecule has 0 fully saturated rings. The summed E-state index contributed by atoms with van der Waals surface area (Å²) in [5.41, 5.74) is 8.54. The second-order valence-corrected chi connectivity index (χ2v) is 6.86. The van der Waals surface area contributed by atoms with Crippen LogP contribution in [0.1, 0.15) is 22.4 Å². The molecule has 7 heteroatoms. The Morgan fingerprint density at radius 3 is 2.54 bits per heavy atom. The minimum Gasteiger partial charge on any atom is -0.382 e. The van der Waals surface area contributed by atoms with Gasteiger partial charge in [-0.2, -0.15) is 5.26 Å². The van der Waals surface area contributed by atoms with Gasteiger partial charge in [0.05, 0.1) is 5.69 Å². The molecule has 0 aliphatic heterocycles. The highest BCUT2D eigenvalue weighted by Gasteiger charge is 2.14. The number of hydrogen-bond acceptors (Lipinski definition) is 5. The van der Waals surface area contributed by atoms with E-state index in [2.05, 4.69) is 16.0 Å². The first-order valence-corrected chi connectivity index (χ1v) is 9.10. The van der Waals surface area contributed by atoms with Crippen molar-refractivity contribution >= 4 is 29.2 Å². The van der Waals surface area contributed by atoms with Crippen LogP contribution < -0.4 is 5.73 Å². The fourth-order valence-corrected chi connectivity index (χ4v) is 3.40. The third kappa shape index (κ3) is 4.31. The number of anilines is 1. The van der Waals surface area contributed by atoms with Crippen LogP contribution in [0.2, 0.25) is 5.02 Å². The Hall–Kier alpha value is -2.62. The SMILES string of the molecule is N#Cc1c(N)nc(SCc2ccc(F)cc2)nc1Cc1ccccc1Cl. The summed E-state index contributed by atoms with van der Waals surface area (Å²) in [5, 5.41) is 10.5. The topological polar surface area (TPSA) is 75.6 Å². The summed E-state index contributed by atoms with van der Waals surface area (Å²) in [7, 11) is 0. The Kier molecular flexibility index (Phi) is 5.71. The predicted molar refractivity (Wildman–Crippen MR) is 101 cm³/mol. The summed E-state index contributed by atoms with van der Waals surface area (Å²) in [6, 6.07) is 15.7. The van der Waals surface area contributed by atoms with E-state index in [0.717, 1.165) is 11.1 Å². The van der Waals surface area contributed by atoms with Gasteiger partial charge in [-0.25, -0.2) is 14.4 Å². The van der Waals surface area contributed by atoms with E-state index in [4.69, 9.17) is 17.3 Å². The van der Waals surface area contributed by atoms with Crippen molar-refractivity contribution in [1.82, 2.24) is 9.97 Å². The largest absolute Gasteiger partial charge is 0.382 e. The number of aromatic nitrogens is 2. The molecule has 1 aromatic heterocycles. The monoisotopic (exact) mass is 384 g/mol. The molecule has 4 nitrogen and oxygen atoms in total. The van der Waals surface area contributed by atoms with Crippen molar-refractivity contribution < 1.29 is 4.39 Å².